The lowest BCUT2D eigenvalue weighted by Crippen LogP contribution is -2.14. The van der Waals surface area contributed by atoms with E-state index in [2.05, 4.69) is 31.0 Å². The fourth-order valence-electron chi connectivity index (χ4n) is 2.16. The number of nitrogens with one attached hydrogen (secondary N) is 2. The molecular formula is C18H14BrN3O3S. The van der Waals surface area contributed by atoms with Crippen molar-refractivity contribution < 1.29 is 13.2 Å². The molecular weight excluding hydrogens is 418 g/mol. The topological polar surface area (TPSA) is 88.2 Å². The Kier molecular flexibility index (Phi) is 5.34. The van der Waals surface area contributed by atoms with Gasteiger partial charge in [0.2, 0.25) is 0 Å². The molecule has 0 radical (unpaired) electrons. The Bertz CT molecular complexity index is 1010. The van der Waals surface area contributed by atoms with Crippen molar-refractivity contribution in [3.8, 4) is 0 Å². The average molecular weight is 432 g/mol. The van der Waals surface area contributed by atoms with Gasteiger partial charge in [0, 0.05) is 21.9 Å². The summed E-state index contributed by atoms with van der Waals surface area (Å²) in [5.74, 6) is -0.276. The maximum atomic E-state index is 12.4. The predicted molar refractivity (Wildman–Crippen MR) is 104 cm³/mol. The molecule has 0 saturated heterocycles. The van der Waals surface area contributed by atoms with Gasteiger partial charge in [-0.05, 0) is 60.7 Å². The number of carbonyl (C=O) groups excluding carboxylic acids is 1. The van der Waals surface area contributed by atoms with Crippen molar-refractivity contribution in [3.63, 3.8) is 0 Å². The maximum Gasteiger partial charge on any atom is 0.261 e. The van der Waals surface area contributed by atoms with Crippen molar-refractivity contribution in [2.45, 2.75) is 4.90 Å². The summed E-state index contributed by atoms with van der Waals surface area (Å²) >= 11 is 3.31. The number of nitrogens with zero attached hydrogens (tertiary/aromatic N) is 1. The molecule has 0 aliphatic rings. The van der Waals surface area contributed by atoms with Crippen LogP contribution in [0.1, 0.15) is 10.4 Å². The van der Waals surface area contributed by atoms with Gasteiger partial charge in [0.15, 0.2) is 0 Å². The van der Waals surface area contributed by atoms with E-state index in [1.54, 1.807) is 42.6 Å². The van der Waals surface area contributed by atoms with Crippen molar-refractivity contribution in [3.05, 3.63) is 83.1 Å². The van der Waals surface area contributed by atoms with Crippen molar-refractivity contribution in [1.29, 1.82) is 0 Å². The van der Waals surface area contributed by atoms with Gasteiger partial charge < -0.3 is 5.32 Å². The van der Waals surface area contributed by atoms with Gasteiger partial charge in [0.05, 0.1) is 16.8 Å². The van der Waals surface area contributed by atoms with Gasteiger partial charge in [0.25, 0.3) is 15.9 Å². The molecule has 2 aromatic carbocycles. The van der Waals surface area contributed by atoms with Crippen LogP contribution in [0.3, 0.4) is 0 Å². The molecule has 0 bridgehead atoms. The van der Waals surface area contributed by atoms with Gasteiger partial charge in [-0.2, -0.15) is 0 Å². The Hall–Kier alpha value is -2.71. The lowest BCUT2D eigenvalue weighted by atomic mass is 10.2. The molecule has 0 spiro atoms. The first-order valence-corrected chi connectivity index (χ1v) is 9.81. The largest absolute Gasteiger partial charge is 0.322 e. The minimum absolute atomic E-state index is 0.0861. The van der Waals surface area contributed by atoms with Crippen LogP contribution in [0.4, 0.5) is 11.4 Å². The number of carbonyl (C=O) groups is 1. The first-order valence-electron chi connectivity index (χ1n) is 7.54. The Labute approximate surface area is 159 Å². The highest BCUT2D eigenvalue weighted by atomic mass is 79.9. The molecule has 0 saturated carbocycles. The minimum Gasteiger partial charge on any atom is -0.322 e. The summed E-state index contributed by atoms with van der Waals surface area (Å²) in [6.07, 6.45) is 2.98. The van der Waals surface area contributed by atoms with Crippen LogP contribution in [0.15, 0.2) is 82.4 Å². The van der Waals surface area contributed by atoms with Crippen LogP contribution in [-0.2, 0) is 10.0 Å². The van der Waals surface area contributed by atoms with Crippen LogP contribution in [0.2, 0.25) is 0 Å². The highest BCUT2D eigenvalue weighted by Crippen LogP contribution is 2.18. The van der Waals surface area contributed by atoms with E-state index in [-0.39, 0.29) is 10.8 Å². The summed E-state index contributed by atoms with van der Waals surface area (Å²) in [6, 6.07) is 16.1. The fraction of sp³-hybridized carbons (Fsp3) is 0. The quantitative estimate of drug-likeness (QED) is 0.640. The third-order valence-corrected chi connectivity index (χ3v) is 5.37. The number of amides is 1. The van der Waals surface area contributed by atoms with E-state index >= 15 is 0 Å². The van der Waals surface area contributed by atoms with Crippen LogP contribution >= 0.6 is 15.9 Å². The summed E-state index contributed by atoms with van der Waals surface area (Å²) in [5, 5.41) is 2.73. The number of hydrogen-bond donors (Lipinski definition) is 2. The van der Waals surface area contributed by atoms with Crippen molar-refractivity contribution in [2.75, 3.05) is 10.0 Å². The Balaban J connectivity index is 1.71. The van der Waals surface area contributed by atoms with Crippen molar-refractivity contribution in [2.24, 2.45) is 0 Å². The molecule has 0 atom stereocenters. The van der Waals surface area contributed by atoms with Crippen LogP contribution < -0.4 is 10.0 Å². The highest BCUT2D eigenvalue weighted by Gasteiger charge is 2.14. The molecule has 0 aliphatic heterocycles. The smallest absolute Gasteiger partial charge is 0.261 e. The molecule has 8 heteroatoms. The normalized spacial score (nSPS) is 11.0. The summed E-state index contributed by atoms with van der Waals surface area (Å²) in [6.45, 7) is 0. The number of sulfonamides is 1. The number of aromatic nitrogens is 1. The first-order chi connectivity index (χ1) is 12.4. The second kappa shape index (κ2) is 7.67. The van der Waals surface area contributed by atoms with Gasteiger partial charge >= 0.3 is 0 Å². The molecule has 0 unspecified atom stereocenters. The van der Waals surface area contributed by atoms with E-state index in [1.807, 2.05) is 0 Å². The lowest BCUT2D eigenvalue weighted by Gasteiger charge is -2.09. The Morgan fingerprint density at radius 2 is 1.62 bits per heavy atom. The third kappa shape index (κ3) is 4.47. The third-order valence-electron chi connectivity index (χ3n) is 3.44. The van der Waals surface area contributed by atoms with Gasteiger partial charge in [-0.25, -0.2) is 8.42 Å². The van der Waals surface area contributed by atoms with E-state index in [0.29, 0.717) is 16.9 Å². The average Bonchev–Trinajstić information content (AvgIpc) is 2.63. The second-order valence-electron chi connectivity index (χ2n) is 5.33. The molecule has 0 aliphatic carbocycles. The first kappa shape index (κ1) is 18.1. The molecule has 6 nitrogen and oxygen atoms in total. The lowest BCUT2D eigenvalue weighted by molar-refractivity contribution is 0.102. The van der Waals surface area contributed by atoms with Gasteiger partial charge in [-0.15, -0.1) is 0 Å². The molecule has 26 heavy (non-hydrogen) atoms. The van der Waals surface area contributed by atoms with Crippen molar-refractivity contribution >= 4 is 43.2 Å². The fourth-order valence-corrected chi connectivity index (χ4v) is 3.47. The monoisotopic (exact) mass is 431 g/mol. The molecule has 1 heterocycles. The molecule has 0 fully saturated rings. The van der Waals surface area contributed by atoms with Crippen molar-refractivity contribution in [1.82, 2.24) is 4.98 Å². The number of rotatable bonds is 5. The molecule has 1 amide bonds. The number of halogens is 1. The van der Waals surface area contributed by atoms with Crippen LogP contribution in [-0.4, -0.2) is 19.3 Å². The molecule has 132 valence electrons. The Morgan fingerprint density at radius 3 is 2.23 bits per heavy atom. The molecule has 3 rings (SSSR count). The number of benzene rings is 2. The zero-order valence-corrected chi connectivity index (χ0v) is 15.8. The van der Waals surface area contributed by atoms with E-state index in [4.69, 9.17) is 0 Å². The summed E-state index contributed by atoms with van der Waals surface area (Å²) in [5.41, 5.74) is 1.38. The van der Waals surface area contributed by atoms with Gasteiger partial charge in [0.1, 0.15) is 0 Å². The van der Waals surface area contributed by atoms with Crippen LogP contribution in [0.5, 0.6) is 0 Å². The van der Waals surface area contributed by atoms with Gasteiger partial charge in [-0.1, -0.05) is 15.9 Å². The van der Waals surface area contributed by atoms with Crippen LogP contribution in [0.25, 0.3) is 0 Å². The number of anilines is 2. The second-order valence-corrected chi connectivity index (χ2v) is 7.93. The van der Waals surface area contributed by atoms with Gasteiger partial charge in [-0.3, -0.25) is 14.5 Å². The predicted octanol–water partition coefficient (Wildman–Crippen LogP) is 3.90. The zero-order valence-electron chi connectivity index (χ0n) is 13.4. The van der Waals surface area contributed by atoms with E-state index in [9.17, 15) is 13.2 Å². The number of hydrogen-bond acceptors (Lipinski definition) is 4. The SMILES string of the molecule is O=C(Nc1ccc(S(=O)(=O)Nc2cccnc2)cc1)c1ccc(Br)cc1. The molecule has 2 N–H and O–H groups in total. The zero-order chi connectivity index (χ0) is 18.6. The Morgan fingerprint density at radius 1 is 0.923 bits per heavy atom. The summed E-state index contributed by atoms with van der Waals surface area (Å²) < 4.78 is 28.0. The standard InChI is InChI=1S/C18H14BrN3O3S/c19-14-5-3-13(4-6-14)18(23)21-15-7-9-17(10-8-15)26(24,25)22-16-2-1-11-20-12-16/h1-12,22H,(H,21,23). The van der Waals surface area contributed by atoms with E-state index in [0.717, 1.165) is 4.47 Å². The van der Waals surface area contributed by atoms with Crippen LogP contribution in [0, 0.1) is 0 Å². The minimum atomic E-state index is -3.72. The van der Waals surface area contributed by atoms with E-state index < -0.39 is 10.0 Å². The summed E-state index contributed by atoms with van der Waals surface area (Å²) in [4.78, 5) is 16.1. The molecule has 3 aromatic rings. The summed E-state index contributed by atoms with van der Waals surface area (Å²) in [7, 11) is -3.72. The van der Waals surface area contributed by atoms with E-state index in [1.165, 1.54) is 30.5 Å². The maximum absolute atomic E-state index is 12.4. The number of pyridine rings is 1. The highest BCUT2D eigenvalue weighted by molar-refractivity contribution is 9.10. The molecule has 1 aromatic heterocycles.